The minimum Gasteiger partial charge on any atom is -0.454 e. The fourth-order valence-electron chi connectivity index (χ4n) is 3.61. The Kier molecular flexibility index (Phi) is 6.27. The Labute approximate surface area is 183 Å². The predicted molar refractivity (Wildman–Crippen MR) is 113 cm³/mol. The van der Waals surface area contributed by atoms with Crippen LogP contribution in [0.4, 0.5) is 5.69 Å². The fraction of sp³-hybridized carbons (Fsp3) is 0.318. The van der Waals surface area contributed by atoms with Gasteiger partial charge in [-0.05, 0) is 37.1 Å². The molecular formula is C22H21ClN2O6. The average molecular weight is 445 g/mol. The van der Waals surface area contributed by atoms with Crippen molar-refractivity contribution in [3.63, 3.8) is 0 Å². The van der Waals surface area contributed by atoms with Gasteiger partial charge < -0.3 is 24.8 Å². The number of para-hydroxylation sites is 1. The van der Waals surface area contributed by atoms with E-state index >= 15 is 0 Å². The number of rotatable bonds is 6. The van der Waals surface area contributed by atoms with Gasteiger partial charge in [-0.3, -0.25) is 9.59 Å². The molecule has 2 aliphatic rings. The van der Waals surface area contributed by atoms with Gasteiger partial charge in [0.2, 0.25) is 6.79 Å². The lowest BCUT2D eigenvalue weighted by Gasteiger charge is -2.15. The molecule has 0 atom stereocenters. The number of anilines is 1. The Bertz CT molecular complexity index is 1020. The highest BCUT2D eigenvalue weighted by molar-refractivity contribution is 6.32. The lowest BCUT2D eigenvalue weighted by molar-refractivity contribution is -0.119. The maximum Gasteiger partial charge on any atom is 0.338 e. The first-order valence-corrected chi connectivity index (χ1v) is 10.3. The highest BCUT2D eigenvalue weighted by atomic mass is 35.5. The van der Waals surface area contributed by atoms with E-state index in [-0.39, 0.29) is 29.3 Å². The van der Waals surface area contributed by atoms with E-state index in [0.29, 0.717) is 22.7 Å². The third-order valence-electron chi connectivity index (χ3n) is 5.13. The zero-order valence-corrected chi connectivity index (χ0v) is 17.4. The SMILES string of the molecule is O=C(COC(=O)c1cc(Cl)c2c(c1)OCO2)Nc1ccccc1C(=O)NC1CCCC1. The van der Waals surface area contributed by atoms with E-state index in [1.54, 1.807) is 24.3 Å². The van der Waals surface area contributed by atoms with E-state index in [2.05, 4.69) is 10.6 Å². The number of halogens is 1. The Morgan fingerprint density at radius 1 is 1.10 bits per heavy atom. The van der Waals surface area contributed by atoms with Crippen molar-refractivity contribution < 1.29 is 28.6 Å². The van der Waals surface area contributed by atoms with Gasteiger partial charge in [0.25, 0.3) is 11.8 Å². The summed E-state index contributed by atoms with van der Waals surface area (Å²) in [6.07, 6.45) is 4.12. The number of carbonyl (C=O) groups is 3. The van der Waals surface area contributed by atoms with Crippen molar-refractivity contribution >= 4 is 35.1 Å². The molecule has 31 heavy (non-hydrogen) atoms. The standard InChI is InChI=1S/C22H21ClN2O6/c23-16-9-13(10-18-20(16)31-12-30-18)22(28)29-11-19(26)25-17-8-4-3-7-15(17)21(27)24-14-5-1-2-6-14/h3-4,7-10,14H,1-2,5-6,11-12H2,(H,24,27)(H,25,26). The first-order chi connectivity index (χ1) is 15.0. The summed E-state index contributed by atoms with van der Waals surface area (Å²) in [6, 6.07) is 9.69. The van der Waals surface area contributed by atoms with Gasteiger partial charge in [0.15, 0.2) is 18.1 Å². The smallest absolute Gasteiger partial charge is 0.338 e. The van der Waals surface area contributed by atoms with Crippen LogP contribution in [-0.2, 0) is 9.53 Å². The minimum absolute atomic E-state index is 0.0176. The van der Waals surface area contributed by atoms with Crippen LogP contribution in [0.1, 0.15) is 46.4 Å². The molecule has 0 unspecified atom stereocenters. The molecule has 2 aromatic carbocycles. The lowest BCUT2D eigenvalue weighted by atomic mass is 10.1. The lowest BCUT2D eigenvalue weighted by Crippen LogP contribution is -2.33. The first-order valence-electron chi connectivity index (χ1n) is 9.97. The van der Waals surface area contributed by atoms with Gasteiger partial charge in [-0.25, -0.2) is 4.79 Å². The zero-order chi connectivity index (χ0) is 21.8. The monoisotopic (exact) mass is 444 g/mol. The van der Waals surface area contributed by atoms with Gasteiger partial charge >= 0.3 is 5.97 Å². The fourth-order valence-corrected chi connectivity index (χ4v) is 3.87. The van der Waals surface area contributed by atoms with Crippen LogP contribution in [0, 0.1) is 0 Å². The van der Waals surface area contributed by atoms with Crippen LogP contribution in [-0.4, -0.2) is 37.2 Å². The quantitative estimate of drug-likeness (QED) is 0.660. The van der Waals surface area contributed by atoms with E-state index in [1.165, 1.54) is 12.1 Å². The maximum absolute atomic E-state index is 12.6. The number of benzene rings is 2. The Balaban J connectivity index is 1.35. The Morgan fingerprint density at radius 2 is 1.87 bits per heavy atom. The van der Waals surface area contributed by atoms with Crippen molar-refractivity contribution in [2.45, 2.75) is 31.7 Å². The molecule has 2 aromatic rings. The van der Waals surface area contributed by atoms with Crippen LogP contribution in [0.5, 0.6) is 11.5 Å². The molecule has 0 aromatic heterocycles. The molecule has 2 N–H and O–H groups in total. The van der Waals surface area contributed by atoms with Crippen molar-refractivity contribution in [1.82, 2.24) is 5.32 Å². The number of fused-ring (bicyclic) bond motifs is 1. The van der Waals surface area contributed by atoms with E-state index in [9.17, 15) is 14.4 Å². The average Bonchev–Trinajstić information content (AvgIpc) is 3.44. The molecule has 162 valence electrons. The minimum atomic E-state index is -0.734. The van der Waals surface area contributed by atoms with Crippen molar-refractivity contribution in [1.29, 1.82) is 0 Å². The molecule has 8 nitrogen and oxygen atoms in total. The predicted octanol–water partition coefficient (Wildman–Crippen LogP) is 3.54. The highest BCUT2D eigenvalue weighted by Gasteiger charge is 2.23. The maximum atomic E-state index is 12.6. The molecule has 1 fully saturated rings. The summed E-state index contributed by atoms with van der Waals surface area (Å²) in [5, 5.41) is 5.84. The topological polar surface area (TPSA) is 103 Å². The van der Waals surface area contributed by atoms with Crippen molar-refractivity contribution in [3.8, 4) is 11.5 Å². The number of carbonyl (C=O) groups excluding carboxylic acids is 3. The number of ether oxygens (including phenoxy) is 3. The van der Waals surface area contributed by atoms with Gasteiger partial charge in [-0.15, -0.1) is 0 Å². The largest absolute Gasteiger partial charge is 0.454 e. The van der Waals surface area contributed by atoms with Gasteiger partial charge in [-0.2, -0.15) is 0 Å². The van der Waals surface area contributed by atoms with Crippen LogP contribution in [0.3, 0.4) is 0 Å². The van der Waals surface area contributed by atoms with Gasteiger partial charge in [0, 0.05) is 6.04 Å². The molecule has 9 heteroatoms. The third kappa shape index (κ3) is 4.91. The number of hydrogen-bond acceptors (Lipinski definition) is 6. The summed E-state index contributed by atoms with van der Waals surface area (Å²) >= 11 is 6.07. The Morgan fingerprint density at radius 3 is 2.68 bits per heavy atom. The molecule has 0 spiro atoms. The molecular weight excluding hydrogens is 424 g/mol. The molecule has 1 saturated carbocycles. The van der Waals surface area contributed by atoms with Crippen LogP contribution in [0.15, 0.2) is 36.4 Å². The summed E-state index contributed by atoms with van der Waals surface area (Å²) in [4.78, 5) is 37.2. The second kappa shape index (κ2) is 9.26. The summed E-state index contributed by atoms with van der Waals surface area (Å²) in [6.45, 7) is -0.507. The van der Waals surface area contributed by atoms with Crippen LogP contribution in [0.25, 0.3) is 0 Å². The molecule has 4 rings (SSSR count). The van der Waals surface area contributed by atoms with Gasteiger partial charge in [-0.1, -0.05) is 36.6 Å². The molecule has 1 heterocycles. The van der Waals surface area contributed by atoms with Crippen LogP contribution < -0.4 is 20.1 Å². The van der Waals surface area contributed by atoms with Crippen LogP contribution in [0.2, 0.25) is 5.02 Å². The summed E-state index contributed by atoms with van der Waals surface area (Å²) < 4.78 is 15.5. The summed E-state index contributed by atoms with van der Waals surface area (Å²) in [5.74, 6) is -0.840. The molecule has 0 radical (unpaired) electrons. The number of esters is 1. The van der Waals surface area contributed by atoms with Crippen molar-refractivity contribution in [3.05, 3.63) is 52.5 Å². The van der Waals surface area contributed by atoms with Crippen molar-refractivity contribution in [2.75, 3.05) is 18.7 Å². The molecule has 0 bridgehead atoms. The molecule has 1 aliphatic carbocycles. The molecule has 2 amide bonds. The number of hydrogen-bond donors (Lipinski definition) is 2. The van der Waals surface area contributed by atoms with E-state index < -0.39 is 18.5 Å². The molecule has 0 saturated heterocycles. The van der Waals surface area contributed by atoms with E-state index in [1.807, 2.05) is 0 Å². The number of amides is 2. The Hall–Kier alpha value is -3.26. The second-order valence-corrected chi connectivity index (χ2v) is 7.72. The van der Waals surface area contributed by atoms with Gasteiger partial charge in [0.05, 0.1) is 21.8 Å². The molecule has 1 aliphatic heterocycles. The van der Waals surface area contributed by atoms with Gasteiger partial charge in [0.1, 0.15) is 0 Å². The highest BCUT2D eigenvalue weighted by Crippen LogP contribution is 2.39. The first kappa shape index (κ1) is 21.0. The van der Waals surface area contributed by atoms with E-state index in [4.69, 9.17) is 25.8 Å². The number of nitrogens with one attached hydrogen (secondary N) is 2. The zero-order valence-electron chi connectivity index (χ0n) is 16.6. The van der Waals surface area contributed by atoms with E-state index in [0.717, 1.165) is 25.7 Å². The van der Waals surface area contributed by atoms with Crippen LogP contribution >= 0.6 is 11.6 Å². The second-order valence-electron chi connectivity index (χ2n) is 7.32. The van der Waals surface area contributed by atoms with Crippen molar-refractivity contribution in [2.24, 2.45) is 0 Å². The normalized spacial score (nSPS) is 14.9. The summed E-state index contributed by atoms with van der Waals surface area (Å²) in [7, 11) is 0. The third-order valence-corrected chi connectivity index (χ3v) is 5.41. The summed E-state index contributed by atoms with van der Waals surface area (Å²) in [5.41, 5.74) is 0.847.